The van der Waals surface area contributed by atoms with E-state index in [1.165, 1.54) is 19.2 Å². The van der Waals surface area contributed by atoms with E-state index in [4.69, 9.17) is 9.47 Å². The first-order chi connectivity index (χ1) is 15.6. The molecule has 4 rings (SSSR count). The third kappa shape index (κ3) is 5.47. The molecule has 1 N–H and O–H groups in total. The second kappa shape index (κ2) is 10.0. The van der Waals surface area contributed by atoms with Crippen molar-refractivity contribution in [2.75, 3.05) is 7.11 Å². The highest BCUT2D eigenvalue weighted by Gasteiger charge is 2.14. The quantitative estimate of drug-likeness (QED) is 0.410. The Balaban J connectivity index is 1.41. The molecule has 1 amide bonds. The Hall–Kier alpha value is -3.78. The molecule has 162 valence electrons. The first-order valence-electron chi connectivity index (χ1n) is 9.86. The molecule has 0 spiro atoms. The van der Waals surface area contributed by atoms with Gasteiger partial charge < -0.3 is 14.8 Å². The summed E-state index contributed by atoms with van der Waals surface area (Å²) in [5.41, 5.74) is 2.33. The SMILES string of the molecule is COc1cc(C(=O)NCc2ccc(F)cc2)ccc1Oc1nc(Cc2ccccc2)ns1. The molecule has 0 unspecified atom stereocenters. The first kappa shape index (κ1) is 21.5. The number of halogens is 1. The summed E-state index contributed by atoms with van der Waals surface area (Å²) < 4.78 is 28.6. The zero-order valence-electron chi connectivity index (χ0n) is 17.2. The average Bonchev–Trinajstić information content (AvgIpc) is 3.26. The summed E-state index contributed by atoms with van der Waals surface area (Å²) >= 11 is 1.16. The largest absolute Gasteiger partial charge is 0.493 e. The van der Waals surface area contributed by atoms with E-state index in [0.29, 0.717) is 34.5 Å². The Morgan fingerprint density at radius 2 is 1.78 bits per heavy atom. The fraction of sp³-hybridized carbons (Fsp3) is 0.125. The summed E-state index contributed by atoms with van der Waals surface area (Å²) in [7, 11) is 1.50. The van der Waals surface area contributed by atoms with Crippen molar-refractivity contribution >= 4 is 17.4 Å². The summed E-state index contributed by atoms with van der Waals surface area (Å²) in [5.74, 6) is 0.916. The van der Waals surface area contributed by atoms with E-state index >= 15 is 0 Å². The van der Waals surface area contributed by atoms with Crippen molar-refractivity contribution in [1.82, 2.24) is 14.7 Å². The van der Waals surface area contributed by atoms with Crippen LogP contribution in [0.4, 0.5) is 4.39 Å². The number of benzene rings is 3. The molecular weight excluding hydrogens is 429 g/mol. The average molecular weight is 450 g/mol. The predicted octanol–water partition coefficient (Wildman–Crippen LogP) is 5.00. The molecule has 0 atom stereocenters. The predicted molar refractivity (Wildman–Crippen MR) is 120 cm³/mol. The number of carbonyl (C=O) groups is 1. The summed E-state index contributed by atoms with van der Waals surface area (Å²) in [6.07, 6.45) is 0.616. The fourth-order valence-electron chi connectivity index (χ4n) is 3.00. The first-order valence-corrected chi connectivity index (χ1v) is 10.6. The molecule has 3 aromatic carbocycles. The number of nitrogens with zero attached hydrogens (tertiary/aromatic N) is 2. The van der Waals surface area contributed by atoms with Crippen molar-refractivity contribution < 1.29 is 18.7 Å². The van der Waals surface area contributed by atoms with Crippen LogP contribution in [0.3, 0.4) is 0 Å². The molecule has 6 nitrogen and oxygen atoms in total. The van der Waals surface area contributed by atoms with Gasteiger partial charge in [0.1, 0.15) is 5.82 Å². The highest BCUT2D eigenvalue weighted by atomic mass is 32.1. The highest BCUT2D eigenvalue weighted by molar-refractivity contribution is 7.07. The summed E-state index contributed by atoms with van der Waals surface area (Å²) in [6.45, 7) is 0.286. The van der Waals surface area contributed by atoms with Crippen molar-refractivity contribution in [3.05, 3.63) is 101 Å². The van der Waals surface area contributed by atoms with Gasteiger partial charge in [0, 0.05) is 30.1 Å². The van der Waals surface area contributed by atoms with E-state index in [-0.39, 0.29) is 18.3 Å². The number of amides is 1. The molecule has 0 fully saturated rings. The normalized spacial score (nSPS) is 10.6. The van der Waals surface area contributed by atoms with Crippen LogP contribution in [-0.4, -0.2) is 22.4 Å². The van der Waals surface area contributed by atoms with Gasteiger partial charge in [0.05, 0.1) is 7.11 Å². The lowest BCUT2D eigenvalue weighted by Gasteiger charge is -2.10. The van der Waals surface area contributed by atoms with Crippen molar-refractivity contribution in [3.63, 3.8) is 0 Å². The minimum atomic E-state index is -0.317. The standard InChI is InChI=1S/C24H20FN3O3S/c1-30-21-14-18(23(29)26-15-17-7-10-19(25)11-8-17)9-12-20(21)31-24-27-22(28-32-24)13-16-5-3-2-4-6-16/h2-12,14H,13,15H2,1H3,(H,26,29). The molecular formula is C24H20FN3O3S. The number of aromatic nitrogens is 2. The lowest BCUT2D eigenvalue weighted by Crippen LogP contribution is -2.22. The zero-order valence-corrected chi connectivity index (χ0v) is 18.1. The molecule has 0 radical (unpaired) electrons. The maximum atomic E-state index is 13.0. The van der Waals surface area contributed by atoms with Gasteiger partial charge in [-0.05, 0) is 41.5 Å². The van der Waals surface area contributed by atoms with E-state index in [0.717, 1.165) is 22.7 Å². The van der Waals surface area contributed by atoms with Gasteiger partial charge in [-0.1, -0.05) is 42.5 Å². The molecule has 0 saturated carbocycles. The van der Waals surface area contributed by atoms with Crippen LogP contribution < -0.4 is 14.8 Å². The van der Waals surface area contributed by atoms with Crippen LogP contribution >= 0.6 is 11.5 Å². The number of nitrogens with one attached hydrogen (secondary N) is 1. The van der Waals surface area contributed by atoms with Crippen molar-refractivity contribution in [2.45, 2.75) is 13.0 Å². The Labute approximate surface area is 188 Å². The molecule has 4 aromatic rings. The molecule has 1 heterocycles. The fourth-order valence-corrected chi connectivity index (χ4v) is 3.57. The van der Waals surface area contributed by atoms with Crippen LogP contribution in [0.25, 0.3) is 0 Å². The zero-order chi connectivity index (χ0) is 22.3. The molecule has 0 aliphatic heterocycles. The Kier molecular flexibility index (Phi) is 6.72. The smallest absolute Gasteiger partial charge is 0.298 e. The van der Waals surface area contributed by atoms with E-state index in [1.807, 2.05) is 30.3 Å². The number of methoxy groups -OCH3 is 1. The van der Waals surface area contributed by atoms with E-state index in [2.05, 4.69) is 14.7 Å². The topological polar surface area (TPSA) is 73.3 Å². The van der Waals surface area contributed by atoms with Gasteiger partial charge in [-0.2, -0.15) is 9.36 Å². The van der Waals surface area contributed by atoms with Gasteiger partial charge in [0.2, 0.25) is 0 Å². The maximum Gasteiger partial charge on any atom is 0.298 e. The monoisotopic (exact) mass is 449 g/mol. The number of hydrogen-bond donors (Lipinski definition) is 1. The molecule has 0 aliphatic rings. The molecule has 1 aromatic heterocycles. The second-order valence-corrected chi connectivity index (χ2v) is 7.63. The minimum Gasteiger partial charge on any atom is -0.493 e. The third-order valence-electron chi connectivity index (χ3n) is 4.64. The minimum absolute atomic E-state index is 0.278. The van der Waals surface area contributed by atoms with Gasteiger partial charge in [-0.15, -0.1) is 0 Å². The summed E-state index contributed by atoms with van der Waals surface area (Å²) in [5, 5.41) is 3.20. The van der Waals surface area contributed by atoms with Gasteiger partial charge in [-0.3, -0.25) is 4.79 Å². The van der Waals surface area contributed by atoms with Crippen LogP contribution in [0, 0.1) is 5.82 Å². The van der Waals surface area contributed by atoms with Gasteiger partial charge in [0.25, 0.3) is 11.1 Å². The van der Waals surface area contributed by atoms with E-state index in [1.54, 1.807) is 30.3 Å². The summed E-state index contributed by atoms with van der Waals surface area (Å²) in [6, 6.07) is 20.8. The van der Waals surface area contributed by atoms with Crippen molar-refractivity contribution in [2.24, 2.45) is 0 Å². The van der Waals surface area contributed by atoms with E-state index < -0.39 is 0 Å². The lowest BCUT2D eigenvalue weighted by molar-refractivity contribution is 0.0950. The van der Waals surface area contributed by atoms with Crippen molar-refractivity contribution in [3.8, 4) is 16.7 Å². The van der Waals surface area contributed by atoms with E-state index in [9.17, 15) is 9.18 Å². The third-order valence-corrected chi connectivity index (χ3v) is 5.28. The van der Waals surface area contributed by atoms with Crippen LogP contribution in [0.15, 0.2) is 72.8 Å². The lowest BCUT2D eigenvalue weighted by atomic mass is 10.1. The Morgan fingerprint density at radius 3 is 2.53 bits per heavy atom. The van der Waals surface area contributed by atoms with Crippen molar-refractivity contribution in [1.29, 1.82) is 0 Å². The molecule has 0 aliphatic carbocycles. The maximum absolute atomic E-state index is 13.0. The van der Waals surface area contributed by atoms with Crippen LogP contribution in [-0.2, 0) is 13.0 Å². The Morgan fingerprint density at radius 1 is 1.00 bits per heavy atom. The second-order valence-electron chi connectivity index (χ2n) is 6.92. The Bertz CT molecular complexity index is 1200. The number of rotatable bonds is 8. The highest BCUT2D eigenvalue weighted by Crippen LogP contribution is 2.33. The van der Waals surface area contributed by atoms with Crippen LogP contribution in [0.2, 0.25) is 0 Å². The molecule has 32 heavy (non-hydrogen) atoms. The molecule has 0 saturated heterocycles. The van der Waals surface area contributed by atoms with Gasteiger partial charge >= 0.3 is 0 Å². The number of hydrogen-bond acceptors (Lipinski definition) is 6. The van der Waals surface area contributed by atoms with Gasteiger partial charge in [-0.25, -0.2) is 4.39 Å². The van der Waals surface area contributed by atoms with Gasteiger partial charge in [0.15, 0.2) is 17.3 Å². The van der Waals surface area contributed by atoms with Crippen LogP contribution in [0.5, 0.6) is 16.7 Å². The summed E-state index contributed by atoms with van der Waals surface area (Å²) in [4.78, 5) is 16.9. The van der Waals surface area contributed by atoms with Crippen LogP contribution in [0.1, 0.15) is 27.3 Å². The number of ether oxygens (including phenoxy) is 2. The molecule has 0 bridgehead atoms. The number of carbonyl (C=O) groups excluding carboxylic acids is 1. The molecule has 8 heteroatoms.